The van der Waals surface area contributed by atoms with Crippen molar-refractivity contribution in [3.05, 3.63) is 75.6 Å². The van der Waals surface area contributed by atoms with Gasteiger partial charge in [0.2, 0.25) is 11.6 Å². The fourth-order valence-corrected chi connectivity index (χ4v) is 3.47. The van der Waals surface area contributed by atoms with Crippen molar-refractivity contribution in [1.29, 1.82) is 0 Å². The van der Waals surface area contributed by atoms with Gasteiger partial charge >= 0.3 is 5.69 Å². The van der Waals surface area contributed by atoms with Gasteiger partial charge in [0.05, 0.1) is 9.82 Å². The molecule has 0 aliphatic rings. The van der Waals surface area contributed by atoms with E-state index in [1.165, 1.54) is 12.1 Å². The van der Waals surface area contributed by atoms with Crippen molar-refractivity contribution in [3.8, 4) is 0 Å². The van der Waals surface area contributed by atoms with Gasteiger partial charge in [-0.05, 0) is 50.1 Å². The summed E-state index contributed by atoms with van der Waals surface area (Å²) in [6, 6.07) is 11.8. The Hall–Kier alpha value is -3.57. The molecular weight excluding hydrogens is 408 g/mol. The standard InChI is InChI=1S/C19H20N6O4S/c1-12-5-8-15(9-6-12)30(28,29)24-23-19-17(25(26)27)18(20-11-21-19)22-16-10-13(2)4-7-14(16)3/h4-11,24H,1-3H3,(H2,20,21,22,23). The number of benzene rings is 2. The van der Waals surface area contributed by atoms with Crippen LogP contribution >= 0.6 is 0 Å². The van der Waals surface area contributed by atoms with Crippen molar-refractivity contribution in [2.24, 2.45) is 0 Å². The van der Waals surface area contributed by atoms with Crippen molar-refractivity contribution >= 4 is 33.0 Å². The molecule has 0 amide bonds. The van der Waals surface area contributed by atoms with Crippen molar-refractivity contribution < 1.29 is 13.3 Å². The molecule has 0 bridgehead atoms. The number of rotatable bonds is 7. The van der Waals surface area contributed by atoms with Crippen LogP contribution < -0.4 is 15.6 Å². The minimum absolute atomic E-state index is 0.00560. The van der Waals surface area contributed by atoms with Gasteiger partial charge in [0.25, 0.3) is 10.0 Å². The Balaban J connectivity index is 1.90. The zero-order valence-corrected chi connectivity index (χ0v) is 17.3. The van der Waals surface area contributed by atoms with Crippen LogP contribution in [0.2, 0.25) is 0 Å². The maximum absolute atomic E-state index is 12.5. The summed E-state index contributed by atoms with van der Waals surface area (Å²) in [4.78, 5) is 20.9. The first-order chi connectivity index (χ1) is 14.2. The van der Waals surface area contributed by atoms with Gasteiger partial charge < -0.3 is 5.32 Å². The third-order valence-corrected chi connectivity index (χ3v) is 5.55. The van der Waals surface area contributed by atoms with E-state index in [1.807, 2.05) is 39.0 Å². The third kappa shape index (κ3) is 4.70. The smallest absolute Gasteiger partial charge is 0.334 e. The molecule has 156 valence electrons. The van der Waals surface area contributed by atoms with Crippen LogP contribution in [0, 0.1) is 30.9 Å². The summed E-state index contributed by atoms with van der Waals surface area (Å²) in [6.45, 7) is 5.58. The molecule has 3 N–H and O–H groups in total. The van der Waals surface area contributed by atoms with Crippen LogP contribution in [0.25, 0.3) is 0 Å². The Labute approximate surface area is 173 Å². The largest absolute Gasteiger partial charge is 0.354 e. The molecule has 3 aromatic rings. The van der Waals surface area contributed by atoms with Crippen LogP contribution in [0.5, 0.6) is 0 Å². The van der Waals surface area contributed by atoms with Gasteiger partial charge in [0, 0.05) is 5.69 Å². The molecule has 0 fully saturated rings. The number of aromatic nitrogens is 2. The number of nitrogens with one attached hydrogen (secondary N) is 3. The second-order valence-corrected chi connectivity index (χ2v) is 8.35. The first kappa shape index (κ1) is 21.1. The zero-order chi connectivity index (χ0) is 21.9. The molecular formula is C19H20N6O4S. The van der Waals surface area contributed by atoms with E-state index in [4.69, 9.17) is 0 Å². The topological polar surface area (TPSA) is 139 Å². The van der Waals surface area contributed by atoms with E-state index in [0.717, 1.165) is 23.0 Å². The lowest BCUT2D eigenvalue weighted by molar-refractivity contribution is -0.383. The summed E-state index contributed by atoms with van der Waals surface area (Å²) in [5.41, 5.74) is 5.20. The molecule has 30 heavy (non-hydrogen) atoms. The van der Waals surface area contributed by atoms with E-state index in [2.05, 4.69) is 25.5 Å². The Morgan fingerprint density at radius 2 is 1.57 bits per heavy atom. The van der Waals surface area contributed by atoms with Gasteiger partial charge in [-0.2, -0.15) is 0 Å². The summed E-state index contributed by atoms with van der Waals surface area (Å²) in [7, 11) is -3.97. The molecule has 1 aromatic heterocycles. The molecule has 0 atom stereocenters. The Bertz CT molecular complexity index is 1200. The summed E-state index contributed by atoms with van der Waals surface area (Å²) in [5, 5.41) is 14.6. The van der Waals surface area contributed by atoms with Gasteiger partial charge in [-0.1, -0.05) is 29.8 Å². The molecule has 10 nitrogen and oxygen atoms in total. The highest BCUT2D eigenvalue weighted by atomic mass is 32.2. The number of anilines is 3. The highest BCUT2D eigenvalue weighted by molar-refractivity contribution is 7.89. The predicted octanol–water partition coefficient (Wildman–Crippen LogP) is 3.36. The highest BCUT2D eigenvalue weighted by Gasteiger charge is 2.25. The number of hydrogen-bond donors (Lipinski definition) is 3. The molecule has 0 aliphatic carbocycles. The number of sulfonamides is 1. The Kier molecular flexibility index (Phi) is 5.94. The minimum atomic E-state index is -3.97. The number of nitro groups is 1. The molecule has 0 aliphatic heterocycles. The monoisotopic (exact) mass is 428 g/mol. The Morgan fingerprint density at radius 3 is 2.23 bits per heavy atom. The first-order valence-corrected chi connectivity index (χ1v) is 10.3. The first-order valence-electron chi connectivity index (χ1n) is 8.85. The minimum Gasteiger partial charge on any atom is -0.334 e. The van der Waals surface area contributed by atoms with Crippen LogP contribution in [0.15, 0.2) is 53.7 Å². The molecule has 0 radical (unpaired) electrons. The number of aryl methyl sites for hydroxylation is 3. The van der Waals surface area contributed by atoms with E-state index >= 15 is 0 Å². The highest BCUT2D eigenvalue weighted by Crippen LogP contribution is 2.32. The maximum atomic E-state index is 12.5. The zero-order valence-electron chi connectivity index (χ0n) is 16.5. The van der Waals surface area contributed by atoms with Gasteiger partial charge in [-0.25, -0.2) is 18.4 Å². The lowest BCUT2D eigenvalue weighted by Gasteiger charge is -2.13. The van der Waals surface area contributed by atoms with E-state index in [0.29, 0.717) is 5.69 Å². The van der Waals surface area contributed by atoms with Crippen LogP contribution in [0.3, 0.4) is 0 Å². The third-order valence-electron chi connectivity index (χ3n) is 4.29. The number of nitrogens with zero attached hydrogens (tertiary/aromatic N) is 3. The lowest BCUT2D eigenvalue weighted by Crippen LogP contribution is -2.30. The van der Waals surface area contributed by atoms with Crippen molar-refractivity contribution in [3.63, 3.8) is 0 Å². The predicted molar refractivity (Wildman–Crippen MR) is 113 cm³/mol. The molecule has 0 spiro atoms. The summed E-state index contributed by atoms with van der Waals surface area (Å²) < 4.78 is 24.9. The van der Waals surface area contributed by atoms with Crippen LogP contribution in [0.1, 0.15) is 16.7 Å². The van der Waals surface area contributed by atoms with Crippen molar-refractivity contribution in [2.45, 2.75) is 25.7 Å². The van der Waals surface area contributed by atoms with Gasteiger partial charge in [-0.15, -0.1) is 4.83 Å². The molecule has 0 unspecified atom stereocenters. The quantitative estimate of drug-likeness (QED) is 0.384. The second kappa shape index (κ2) is 8.43. The van der Waals surface area contributed by atoms with Crippen molar-refractivity contribution in [1.82, 2.24) is 14.8 Å². The lowest BCUT2D eigenvalue weighted by atomic mass is 10.1. The van der Waals surface area contributed by atoms with Crippen LogP contribution in [-0.4, -0.2) is 23.3 Å². The second-order valence-electron chi connectivity index (χ2n) is 6.66. The number of hydrazine groups is 1. The van der Waals surface area contributed by atoms with E-state index < -0.39 is 20.6 Å². The van der Waals surface area contributed by atoms with Gasteiger partial charge in [0.15, 0.2) is 0 Å². The molecule has 3 rings (SSSR count). The fraction of sp³-hybridized carbons (Fsp3) is 0.158. The average molecular weight is 428 g/mol. The SMILES string of the molecule is Cc1ccc(S(=O)(=O)NNc2ncnc(Nc3cc(C)ccc3C)c2[N+](=O)[O-])cc1. The molecule has 2 aromatic carbocycles. The maximum Gasteiger partial charge on any atom is 0.354 e. The van der Waals surface area contributed by atoms with Crippen LogP contribution in [-0.2, 0) is 10.0 Å². The Morgan fingerprint density at radius 1 is 0.933 bits per heavy atom. The van der Waals surface area contributed by atoms with Crippen LogP contribution in [0.4, 0.5) is 23.0 Å². The molecule has 0 saturated carbocycles. The van der Waals surface area contributed by atoms with Crippen molar-refractivity contribution in [2.75, 3.05) is 10.7 Å². The van der Waals surface area contributed by atoms with Gasteiger partial charge in [-0.3, -0.25) is 15.5 Å². The van der Waals surface area contributed by atoms with E-state index in [9.17, 15) is 18.5 Å². The average Bonchev–Trinajstić information content (AvgIpc) is 2.69. The van der Waals surface area contributed by atoms with E-state index in [-0.39, 0.29) is 16.5 Å². The molecule has 0 saturated heterocycles. The summed E-state index contributed by atoms with van der Waals surface area (Å²) in [6.07, 6.45) is 1.10. The normalized spacial score (nSPS) is 11.2. The molecule has 1 heterocycles. The summed E-state index contributed by atoms with van der Waals surface area (Å²) in [5.74, 6) is -0.362. The summed E-state index contributed by atoms with van der Waals surface area (Å²) >= 11 is 0. The fourth-order valence-electron chi connectivity index (χ4n) is 2.62. The van der Waals surface area contributed by atoms with E-state index in [1.54, 1.807) is 12.1 Å². The molecule has 11 heteroatoms. The van der Waals surface area contributed by atoms with Gasteiger partial charge in [0.1, 0.15) is 6.33 Å². The number of hydrogen-bond acceptors (Lipinski definition) is 8.